The van der Waals surface area contributed by atoms with E-state index in [0.717, 1.165) is 0 Å². The molecular formula is C9H9NS2. The molecular weight excluding hydrogens is 186 g/mol. The Kier molecular flexibility index (Phi) is 2.00. The first-order valence-corrected chi connectivity index (χ1v) is 5.36. The summed E-state index contributed by atoms with van der Waals surface area (Å²) in [5.41, 5.74) is 5.81. The lowest BCUT2D eigenvalue weighted by molar-refractivity contribution is 0.941. The zero-order chi connectivity index (χ0) is 8.55. The van der Waals surface area contributed by atoms with Crippen molar-refractivity contribution in [2.75, 3.05) is 0 Å². The smallest absolute Gasteiger partial charge is 0.0573 e. The molecule has 1 atom stereocenters. The first-order chi connectivity index (χ1) is 5.81. The Hall–Kier alpha value is -0.640. The van der Waals surface area contributed by atoms with Gasteiger partial charge in [0, 0.05) is 14.3 Å². The molecule has 62 valence electrons. The van der Waals surface area contributed by atoms with Crippen molar-refractivity contribution in [3.05, 3.63) is 35.0 Å². The second kappa shape index (κ2) is 3.01. The number of hydrogen-bond acceptors (Lipinski definition) is 3. The largest absolute Gasteiger partial charge is 0.320 e. The van der Waals surface area contributed by atoms with E-state index in [1.165, 1.54) is 14.3 Å². The summed E-state index contributed by atoms with van der Waals surface area (Å²) >= 11 is 3.51. The normalized spacial score (nSPS) is 13.4. The van der Waals surface area contributed by atoms with E-state index in [-0.39, 0.29) is 6.04 Å². The maximum absolute atomic E-state index is 5.81. The van der Waals surface area contributed by atoms with Crippen LogP contribution in [0.4, 0.5) is 0 Å². The molecule has 0 spiro atoms. The van der Waals surface area contributed by atoms with Crippen LogP contribution in [0.25, 0.3) is 9.40 Å². The van der Waals surface area contributed by atoms with Gasteiger partial charge in [0.1, 0.15) is 0 Å². The van der Waals surface area contributed by atoms with E-state index in [0.29, 0.717) is 0 Å². The Balaban J connectivity index is 2.50. The van der Waals surface area contributed by atoms with Crippen LogP contribution in [0.3, 0.4) is 0 Å². The van der Waals surface area contributed by atoms with Crippen LogP contribution >= 0.6 is 22.7 Å². The van der Waals surface area contributed by atoms with Gasteiger partial charge in [-0.25, -0.2) is 0 Å². The molecule has 0 saturated carbocycles. The van der Waals surface area contributed by atoms with Crippen molar-refractivity contribution in [1.82, 2.24) is 0 Å². The predicted molar refractivity (Wildman–Crippen MR) is 56.8 cm³/mol. The molecule has 2 N–H and O–H groups in total. The lowest BCUT2D eigenvalue weighted by Crippen LogP contribution is -2.03. The van der Waals surface area contributed by atoms with Crippen LogP contribution in [-0.4, -0.2) is 0 Å². The third-order valence-corrected chi connectivity index (χ3v) is 3.94. The maximum atomic E-state index is 5.81. The highest BCUT2D eigenvalue weighted by Crippen LogP contribution is 2.32. The molecule has 0 amide bonds. The van der Waals surface area contributed by atoms with Crippen molar-refractivity contribution in [3.63, 3.8) is 0 Å². The summed E-state index contributed by atoms with van der Waals surface area (Å²) in [4.78, 5) is 1.20. The Labute approximate surface area is 79.1 Å². The predicted octanol–water partition coefficient (Wildman–Crippen LogP) is 3.15. The average molecular weight is 195 g/mol. The van der Waals surface area contributed by atoms with Crippen molar-refractivity contribution >= 4 is 32.1 Å². The highest BCUT2D eigenvalue weighted by molar-refractivity contribution is 7.26. The molecule has 0 radical (unpaired) electrons. The Bertz CT molecular complexity index is 371. The van der Waals surface area contributed by atoms with Gasteiger partial charge in [-0.3, -0.25) is 0 Å². The lowest BCUT2D eigenvalue weighted by atomic mass is 10.2. The molecule has 1 unspecified atom stereocenters. The van der Waals surface area contributed by atoms with Crippen LogP contribution in [0.5, 0.6) is 0 Å². The van der Waals surface area contributed by atoms with Gasteiger partial charge in [0.05, 0.1) is 6.04 Å². The monoisotopic (exact) mass is 195 g/mol. The van der Waals surface area contributed by atoms with Gasteiger partial charge in [0.2, 0.25) is 0 Å². The first kappa shape index (κ1) is 7.98. The molecule has 2 rings (SSSR count). The summed E-state index contributed by atoms with van der Waals surface area (Å²) in [7, 11) is 0. The number of rotatable bonds is 2. The molecule has 0 aliphatic rings. The van der Waals surface area contributed by atoms with E-state index in [1.807, 2.05) is 0 Å². The summed E-state index contributed by atoms with van der Waals surface area (Å²) in [6.45, 7) is 3.68. The molecule has 0 aliphatic heterocycles. The summed E-state index contributed by atoms with van der Waals surface area (Å²) in [6, 6.07) is 4.27. The second-order valence-corrected chi connectivity index (χ2v) is 4.62. The zero-order valence-corrected chi connectivity index (χ0v) is 8.12. The highest BCUT2D eigenvalue weighted by Gasteiger charge is 2.06. The van der Waals surface area contributed by atoms with Crippen LogP contribution < -0.4 is 5.73 Å². The van der Waals surface area contributed by atoms with Crippen LogP contribution in [0.1, 0.15) is 10.9 Å². The molecule has 12 heavy (non-hydrogen) atoms. The quantitative estimate of drug-likeness (QED) is 0.732. The molecule has 2 heterocycles. The maximum Gasteiger partial charge on any atom is 0.0573 e. The Morgan fingerprint density at radius 1 is 1.50 bits per heavy atom. The van der Waals surface area contributed by atoms with E-state index in [9.17, 15) is 0 Å². The fourth-order valence-corrected chi connectivity index (χ4v) is 3.18. The first-order valence-electron chi connectivity index (χ1n) is 3.66. The number of thiophene rings is 2. The van der Waals surface area contributed by atoms with Gasteiger partial charge < -0.3 is 5.73 Å². The minimum absolute atomic E-state index is 0.00500. The molecule has 1 nitrogen and oxygen atoms in total. The van der Waals surface area contributed by atoms with Crippen molar-refractivity contribution in [2.24, 2.45) is 5.73 Å². The van der Waals surface area contributed by atoms with Gasteiger partial charge in [-0.05, 0) is 17.5 Å². The van der Waals surface area contributed by atoms with Gasteiger partial charge in [-0.2, -0.15) is 0 Å². The average Bonchev–Trinajstić information content (AvgIpc) is 2.60. The van der Waals surface area contributed by atoms with E-state index in [2.05, 4.69) is 24.1 Å². The molecule has 0 saturated heterocycles. The Morgan fingerprint density at radius 3 is 3.00 bits per heavy atom. The zero-order valence-electron chi connectivity index (χ0n) is 6.49. The van der Waals surface area contributed by atoms with Crippen LogP contribution in [-0.2, 0) is 0 Å². The second-order valence-electron chi connectivity index (χ2n) is 2.56. The van der Waals surface area contributed by atoms with Crippen molar-refractivity contribution in [3.8, 4) is 0 Å². The molecule has 0 aromatic carbocycles. The lowest BCUT2D eigenvalue weighted by Gasteiger charge is -1.99. The highest BCUT2D eigenvalue weighted by atomic mass is 32.1. The fourth-order valence-electron chi connectivity index (χ4n) is 1.06. The van der Waals surface area contributed by atoms with Crippen molar-refractivity contribution < 1.29 is 0 Å². The summed E-state index contributed by atoms with van der Waals surface area (Å²) < 4.78 is 2.65. The van der Waals surface area contributed by atoms with Gasteiger partial charge in [-0.15, -0.1) is 29.3 Å². The van der Waals surface area contributed by atoms with E-state index in [1.54, 1.807) is 28.7 Å². The van der Waals surface area contributed by atoms with Gasteiger partial charge >= 0.3 is 0 Å². The Morgan fingerprint density at radius 2 is 2.33 bits per heavy atom. The SMILES string of the molecule is C=CC(N)c1cc2sccc2s1. The van der Waals surface area contributed by atoms with Gasteiger partial charge in [-0.1, -0.05) is 6.08 Å². The number of hydrogen-bond donors (Lipinski definition) is 1. The van der Waals surface area contributed by atoms with Crippen molar-refractivity contribution in [2.45, 2.75) is 6.04 Å². The number of nitrogens with two attached hydrogens (primary N) is 1. The standard InChI is InChI=1S/C9H9NS2/c1-2-6(10)8-5-9-7(12-8)3-4-11-9/h2-6H,1,10H2. The number of fused-ring (bicyclic) bond motifs is 1. The van der Waals surface area contributed by atoms with Gasteiger partial charge in [0.25, 0.3) is 0 Å². The van der Waals surface area contributed by atoms with Crippen LogP contribution in [0, 0.1) is 0 Å². The van der Waals surface area contributed by atoms with Gasteiger partial charge in [0.15, 0.2) is 0 Å². The summed E-state index contributed by atoms with van der Waals surface area (Å²) in [6.07, 6.45) is 1.77. The van der Waals surface area contributed by atoms with Crippen LogP contribution in [0.2, 0.25) is 0 Å². The summed E-state index contributed by atoms with van der Waals surface area (Å²) in [5.74, 6) is 0. The topological polar surface area (TPSA) is 26.0 Å². The summed E-state index contributed by atoms with van der Waals surface area (Å²) in [5, 5.41) is 2.10. The van der Waals surface area contributed by atoms with Crippen molar-refractivity contribution in [1.29, 1.82) is 0 Å². The molecule has 3 heteroatoms. The van der Waals surface area contributed by atoms with E-state index < -0.39 is 0 Å². The van der Waals surface area contributed by atoms with E-state index in [4.69, 9.17) is 5.73 Å². The molecule has 0 aliphatic carbocycles. The minimum atomic E-state index is -0.00500. The minimum Gasteiger partial charge on any atom is -0.320 e. The third kappa shape index (κ3) is 1.20. The molecule has 2 aromatic rings. The third-order valence-electron chi connectivity index (χ3n) is 1.74. The molecule has 0 bridgehead atoms. The molecule has 2 aromatic heterocycles. The van der Waals surface area contributed by atoms with E-state index >= 15 is 0 Å². The van der Waals surface area contributed by atoms with Crippen LogP contribution in [0.15, 0.2) is 30.2 Å². The molecule has 0 fully saturated rings. The fraction of sp³-hybridized carbons (Fsp3) is 0.111.